The summed E-state index contributed by atoms with van der Waals surface area (Å²) in [5.41, 5.74) is 2.28. The fraction of sp³-hybridized carbons (Fsp3) is 0.316. The standard InChI is InChI=1S/C19H23N2O3/c1-3-20-14-21(19-10-5-4-9-18(19)20)12-15(22)13-24-17-8-6-7-16(11-17)23-2/h4-11,14-15,22H,3,12-13H2,1-2H3/q+1/t15-/m0/s1. The molecule has 24 heavy (non-hydrogen) atoms. The number of benzene rings is 2. The van der Waals surface area contributed by atoms with Gasteiger partial charge in [0.2, 0.25) is 6.33 Å². The summed E-state index contributed by atoms with van der Waals surface area (Å²) in [6.45, 7) is 3.71. The first kappa shape index (κ1) is 16.3. The van der Waals surface area contributed by atoms with Crippen LogP contribution in [0.15, 0.2) is 54.9 Å². The van der Waals surface area contributed by atoms with Gasteiger partial charge in [0, 0.05) is 6.07 Å². The van der Waals surface area contributed by atoms with Crippen molar-refractivity contribution in [3.05, 3.63) is 54.9 Å². The zero-order chi connectivity index (χ0) is 16.9. The van der Waals surface area contributed by atoms with E-state index in [9.17, 15) is 5.11 Å². The van der Waals surface area contributed by atoms with Crippen LogP contribution in [0.1, 0.15) is 6.92 Å². The van der Waals surface area contributed by atoms with Crippen LogP contribution in [0.4, 0.5) is 0 Å². The molecule has 0 aliphatic carbocycles. The van der Waals surface area contributed by atoms with E-state index in [4.69, 9.17) is 9.47 Å². The zero-order valence-electron chi connectivity index (χ0n) is 14.1. The minimum atomic E-state index is -0.600. The van der Waals surface area contributed by atoms with E-state index in [1.165, 1.54) is 5.52 Å². The van der Waals surface area contributed by atoms with Gasteiger partial charge in [0.05, 0.1) is 13.7 Å². The summed E-state index contributed by atoms with van der Waals surface area (Å²) in [5.74, 6) is 1.43. The van der Waals surface area contributed by atoms with Crippen LogP contribution < -0.4 is 14.0 Å². The Balaban J connectivity index is 1.67. The fourth-order valence-corrected chi connectivity index (χ4v) is 2.80. The smallest absolute Gasteiger partial charge is 0.244 e. The Labute approximate surface area is 141 Å². The number of aromatic nitrogens is 2. The van der Waals surface area contributed by atoms with Gasteiger partial charge in [-0.3, -0.25) is 0 Å². The number of hydrogen-bond donors (Lipinski definition) is 1. The van der Waals surface area contributed by atoms with Crippen LogP contribution in [0.25, 0.3) is 11.0 Å². The van der Waals surface area contributed by atoms with Crippen molar-refractivity contribution < 1.29 is 19.1 Å². The SMILES string of the molecule is CCn1c[n+](C[C@H](O)COc2cccc(OC)c2)c2ccccc21. The lowest BCUT2D eigenvalue weighted by atomic mass is 10.3. The Morgan fingerprint density at radius 3 is 2.71 bits per heavy atom. The van der Waals surface area contributed by atoms with E-state index in [0.717, 1.165) is 17.8 Å². The highest BCUT2D eigenvalue weighted by atomic mass is 16.5. The van der Waals surface area contributed by atoms with Gasteiger partial charge in [-0.05, 0) is 31.2 Å². The van der Waals surface area contributed by atoms with Gasteiger partial charge in [0.15, 0.2) is 11.0 Å². The van der Waals surface area contributed by atoms with E-state index >= 15 is 0 Å². The van der Waals surface area contributed by atoms with Crippen molar-refractivity contribution in [2.75, 3.05) is 13.7 Å². The molecule has 0 saturated carbocycles. The molecule has 2 aromatic carbocycles. The van der Waals surface area contributed by atoms with E-state index in [1.54, 1.807) is 7.11 Å². The first-order valence-electron chi connectivity index (χ1n) is 8.13. The van der Waals surface area contributed by atoms with Gasteiger partial charge in [-0.15, -0.1) is 0 Å². The predicted octanol–water partition coefficient (Wildman–Crippen LogP) is 2.40. The molecular weight excluding hydrogens is 304 g/mol. The lowest BCUT2D eigenvalue weighted by Crippen LogP contribution is -2.41. The maximum Gasteiger partial charge on any atom is 0.244 e. The van der Waals surface area contributed by atoms with Crippen molar-refractivity contribution in [1.29, 1.82) is 0 Å². The maximum atomic E-state index is 10.3. The van der Waals surface area contributed by atoms with Crippen molar-refractivity contribution in [2.45, 2.75) is 26.1 Å². The summed E-state index contributed by atoms with van der Waals surface area (Å²) in [4.78, 5) is 0. The molecule has 1 atom stereocenters. The minimum absolute atomic E-state index is 0.228. The van der Waals surface area contributed by atoms with Crippen LogP contribution >= 0.6 is 0 Å². The number of rotatable bonds is 7. The lowest BCUT2D eigenvalue weighted by molar-refractivity contribution is -0.679. The molecule has 0 bridgehead atoms. The number of nitrogens with zero attached hydrogens (tertiary/aromatic N) is 2. The summed E-state index contributed by atoms with van der Waals surface area (Å²) >= 11 is 0. The second-order valence-corrected chi connectivity index (χ2v) is 5.69. The van der Waals surface area contributed by atoms with Gasteiger partial charge >= 0.3 is 0 Å². The number of para-hydroxylation sites is 2. The van der Waals surface area contributed by atoms with E-state index in [1.807, 2.05) is 42.7 Å². The van der Waals surface area contributed by atoms with Crippen molar-refractivity contribution >= 4 is 11.0 Å². The Morgan fingerprint density at radius 1 is 1.12 bits per heavy atom. The Bertz CT molecular complexity index is 813. The number of aryl methyl sites for hydroxylation is 1. The number of hydrogen-bond acceptors (Lipinski definition) is 3. The third kappa shape index (κ3) is 3.51. The summed E-state index contributed by atoms with van der Waals surface area (Å²) < 4.78 is 15.1. The Hall–Kier alpha value is -2.53. The number of aliphatic hydroxyl groups is 1. The Kier molecular flexibility index (Phi) is 5.01. The quantitative estimate of drug-likeness (QED) is 0.678. The maximum absolute atomic E-state index is 10.3. The van der Waals surface area contributed by atoms with Crippen LogP contribution in [0.5, 0.6) is 11.5 Å². The number of imidazole rings is 1. The second kappa shape index (κ2) is 7.36. The van der Waals surface area contributed by atoms with Gasteiger partial charge in [-0.1, -0.05) is 18.2 Å². The average molecular weight is 327 g/mol. The molecule has 126 valence electrons. The topological polar surface area (TPSA) is 47.5 Å². The van der Waals surface area contributed by atoms with Crippen molar-refractivity contribution in [2.24, 2.45) is 0 Å². The van der Waals surface area contributed by atoms with Crippen LogP contribution in [0, 0.1) is 0 Å². The van der Waals surface area contributed by atoms with Gasteiger partial charge in [0.1, 0.15) is 30.8 Å². The molecule has 0 radical (unpaired) electrons. The van der Waals surface area contributed by atoms with E-state index < -0.39 is 6.10 Å². The monoisotopic (exact) mass is 327 g/mol. The third-order valence-corrected chi connectivity index (χ3v) is 4.01. The molecular formula is C19H23N2O3+. The van der Waals surface area contributed by atoms with E-state index in [-0.39, 0.29) is 6.61 Å². The number of fused-ring (bicyclic) bond motifs is 1. The van der Waals surface area contributed by atoms with Gasteiger partial charge < -0.3 is 14.6 Å². The molecule has 0 aliphatic rings. The highest BCUT2D eigenvalue weighted by Gasteiger charge is 2.17. The summed E-state index contributed by atoms with van der Waals surface area (Å²) in [6.07, 6.45) is 1.44. The van der Waals surface area contributed by atoms with Crippen LogP contribution in [0.3, 0.4) is 0 Å². The molecule has 0 saturated heterocycles. The molecule has 0 amide bonds. The summed E-state index contributed by atoms with van der Waals surface area (Å²) in [6, 6.07) is 15.6. The number of ether oxygens (including phenoxy) is 2. The molecule has 1 aromatic heterocycles. The van der Waals surface area contributed by atoms with Crippen molar-refractivity contribution in [3.63, 3.8) is 0 Å². The number of aliphatic hydroxyl groups excluding tert-OH is 1. The first-order chi connectivity index (χ1) is 11.7. The summed E-state index contributed by atoms with van der Waals surface area (Å²) in [5, 5.41) is 10.3. The zero-order valence-corrected chi connectivity index (χ0v) is 14.1. The average Bonchev–Trinajstić information content (AvgIpc) is 2.98. The van der Waals surface area contributed by atoms with Gasteiger partial charge in [-0.25, -0.2) is 9.13 Å². The molecule has 3 aromatic rings. The van der Waals surface area contributed by atoms with Crippen LogP contribution in [0.2, 0.25) is 0 Å². The molecule has 0 aliphatic heterocycles. The molecule has 3 rings (SSSR count). The third-order valence-electron chi connectivity index (χ3n) is 4.01. The van der Waals surface area contributed by atoms with Gasteiger partial charge in [0.25, 0.3) is 0 Å². The molecule has 1 heterocycles. The number of methoxy groups -OCH3 is 1. The highest BCUT2D eigenvalue weighted by Crippen LogP contribution is 2.19. The fourth-order valence-electron chi connectivity index (χ4n) is 2.80. The molecule has 0 fully saturated rings. The summed E-state index contributed by atoms with van der Waals surface area (Å²) in [7, 11) is 1.62. The second-order valence-electron chi connectivity index (χ2n) is 5.69. The molecule has 1 N–H and O–H groups in total. The molecule has 0 spiro atoms. The van der Waals surface area contributed by atoms with Crippen LogP contribution in [-0.4, -0.2) is 29.5 Å². The molecule has 5 heteroatoms. The molecule has 5 nitrogen and oxygen atoms in total. The van der Waals surface area contributed by atoms with E-state index in [0.29, 0.717) is 12.3 Å². The lowest BCUT2D eigenvalue weighted by Gasteiger charge is -2.11. The highest BCUT2D eigenvalue weighted by molar-refractivity contribution is 5.71. The largest absolute Gasteiger partial charge is 0.497 e. The Morgan fingerprint density at radius 2 is 1.92 bits per heavy atom. The van der Waals surface area contributed by atoms with E-state index in [2.05, 4.69) is 28.2 Å². The first-order valence-corrected chi connectivity index (χ1v) is 8.13. The molecule has 0 unspecified atom stereocenters. The normalized spacial score (nSPS) is 12.3. The predicted molar refractivity (Wildman–Crippen MR) is 92.3 cm³/mol. The van der Waals surface area contributed by atoms with Crippen molar-refractivity contribution in [3.8, 4) is 11.5 Å². The van der Waals surface area contributed by atoms with Crippen molar-refractivity contribution in [1.82, 2.24) is 4.57 Å². The van der Waals surface area contributed by atoms with Crippen LogP contribution in [-0.2, 0) is 13.1 Å². The van der Waals surface area contributed by atoms with Gasteiger partial charge in [-0.2, -0.15) is 0 Å². The minimum Gasteiger partial charge on any atom is -0.497 e.